The average molecular weight is 857 g/mol. The van der Waals surface area contributed by atoms with Crippen LogP contribution in [0, 0.1) is 0 Å². The minimum absolute atomic E-state index is 1.22. The highest BCUT2D eigenvalue weighted by Crippen LogP contribution is 2.49. The molecule has 15 aromatic rings. The zero-order valence-electron chi connectivity index (χ0n) is 37.1. The van der Waals surface area contributed by atoms with Crippen molar-refractivity contribution in [2.45, 2.75) is 0 Å². The molecule has 0 atom stereocenters. The van der Waals surface area contributed by atoms with E-state index in [0.29, 0.717) is 0 Å². The maximum atomic E-state index is 2.50. The molecular weight excluding hydrogens is 817 g/mol. The Labute approximate surface area is 392 Å². The summed E-state index contributed by atoms with van der Waals surface area (Å²) in [5, 5.41) is 28.2. The fourth-order valence-corrected chi connectivity index (χ4v) is 12.3. The topological polar surface area (TPSA) is 0 Å². The van der Waals surface area contributed by atoms with Crippen LogP contribution >= 0.6 is 0 Å². The summed E-state index contributed by atoms with van der Waals surface area (Å²) in [6.45, 7) is 0. The lowest BCUT2D eigenvalue weighted by molar-refractivity contribution is 1.68. The van der Waals surface area contributed by atoms with E-state index in [0.717, 1.165) is 0 Å². The predicted molar refractivity (Wildman–Crippen MR) is 295 cm³/mol. The van der Waals surface area contributed by atoms with Gasteiger partial charge in [0.1, 0.15) is 0 Å². The summed E-state index contributed by atoms with van der Waals surface area (Å²) in [6, 6.07) is 91.0. The molecule has 0 unspecified atom stereocenters. The van der Waals surface area contributed by atoms with Gasteiger partial charge in [0.05, 0.1) is 0 Å². The third kappa shape index (κ3) is 5.26. The smallest absolute Gasteiger partial charge is 0.00199 e. The number of rotatable bonds is 3. The summed E-state index contributed by atoms with van der Waals surface area (Å²) in [5.41, 5.74) is 7.52. The normalized spacial score (nSPS) is 12.1. The highest BCUT2D eigenvalue weighted by Gasteiger charge is 2.22. The van der Waals surface area contributed by atoms with E-state index in [9.17, 15) is 0 Å². The Kier molecular flexibility index (Phi) is 7.88. The molecule has 0 heterocycles. The zero-order valence-corrected chi connectivity index (χ0v) is 37.1. The first-order valence-electron chi connectivity index (χ1n) is 23.7. The second kappa shape index (κ2) is 14.3. The van der Waals surface area contributed by atoms with Crippen LogP contribution in [0.25, 0.3) is 152 Å². The maximum absolute atomic E-state index is 2.50. The van der Waals surface area contributed by atoms with E-state index in [1.165, 1.54) is 152 Å². The van der Waals surface area contributed by atoms with Crippen molar-refractivity contribution in [2.24, 2.45) is 0 Å². The second-order valence-corrected chi connectivity index (χ2v) is 18.6. The lowest BCUT2D eigenvalue weighted by Crippen LogP contribution is -1.93. The molecule has 68 heavy (non-hydrogen) atoms. The molecule has 0 heteroatoms. The first kappa shape index (κ1) is 37.4. The molecule has 0 radical (unpaired) electrons. The molecule has 0 N–H and O–H groups in total. The second-order valence-electron chi connectivity index (χ2n) is 18.6. The molecule has 0 saturated heterocycles. The standard InChI is InChI=1S/C68H40/c1-3-21-49-45(17-1)47-19-5-9-25-53(47)66-55-27-11-7-23-51(55)61(39-62(49)66)43-35-33-42-38-44(36-34-41(42)37-43)65-57-29-13-15-31-59(57)68(60-32-16-14-30-58(60)65)64-40-63-50-22-4-2-18-46(50)48-20-6-10-26-54(48)67(63)56-28-12-8-24-52(56)64/h1-40H. The van der Waals surface area contributed by atoms with Crippen molar-refractivity contribution < 1.29 is 0 Å². The third-order valence-corrected chi connectivity index (χ3v) is 15.1. The van der Waals surface area contributed by atoms with E-state index in [2.05, 4.69) is 243 Å². The molecule has 0 aromatic heterocycles. The van der Waals surface area contributed by atoms with Gasteiger partial charge < -0.3 is 0 Å². The fraction of sp³-hybridized carbons (Fsp3) is 0. The largest absolute Gasteiger partial charge is 0.0616 e. The molecule has 0 saturated carbocycles. The first-order chi connectivity index (χ1) is 33.8. The van der Waals surface area contributed by atoms with Crippen molar-refractivity contribution in [3.8, 4) is 33.4 Å². The van der Waals surface area contributed by atoms with Crippen LogP contribution in [0.4, 0.5) is 0 Å². The predicted octanol–water partition coefficient (Wildman–Crippen LogP) is 19.4. The van der Waals surface area contributed by atoms with Gasteiger partial charge >= 0.3 is 0 Å². The highest BCUT2D eigenvalue weighted by atomic mass is 14.2. The number of benzene rings is 15. The van der Waals surface area contributed by atoms with Crippen LogP contribution in [0.2, 0.25) is 0 Å². The Hall–Kier alpha value is -8.84. The first-order valence-corrected chi connectivity index (χ1v) is 23.7. The molecular formula is C68H40. The zero-order chi connectivity index (χ0) is 44.5. The maximum Gasteiger partial charge on any atom is -0.00199 e. The van der Waals surface area contributed by atoms with Gasteiger partial charge in [-0.1, -0.05) is 218 Å². The molecule has 0 aliphatic rings. The van der Waals surface area contributed by atoms with E-state index >= 15 is 0 Å². The lowest BCUT2D eigenvalue weighted by atomic mass is 9.82. The Balaban J connectivity index is 0.946. The number of hydrogen-bond acceptors (Lipinski definition) is 0. The van der Waals surface area contributed by atoms with Crippen LogP contribution < -0.4 is 0 Å². The molecule has 15 aromatic carbocycles. The average Bonchev–Trinajstić information content (AvgIpc) is 3.41. The van der Waals surface area contributed by atoms with Crippen LogP contribution in [-0.2, 0) is 0 Å². The molecule has 0 fully saturated rings. The fourth-order valence-electron chi connectivity index (χ4n) is 12.3. The minimum Gasteiger partial charge on any atom is -0.0616 e. The molecule has 0 aliphatic heterocycles. The van der Waals surface area contributed by atoms with Gasteiger partial charge in [-0.3, -0.25) is 0 Å². The van der Waals surface area contributed by atoms with Gasteiger partial charge in [-0.05, 0) is 176 Å². The summed E-state index contributed by atoms with van der Waals surface area (Å²) in [7, 11) is 0. The van der Waals surface area contributed by atoms with Crippen molar-refractivity contribution in [2.75, 3.05) is 0 Å². The summed E-state index contributed by atoms with van der Waals surface area (Å²) in [4.78, 5) is 0. The van der Waals surface area contributed by atoms with E-state index in [4.69, 9.17) is 0 Å². The SMILES string of the molecule is c1ccc2c(-c3cc4c5ccccc5c5ccccc5c4c4ccccc34)c3ccccc3c(-c3ccc4cc(-c5cc6c7ccccc7c7ccccc7c6c6ccccc56)ccc4c3)c2c1. The van der Waals surface area contributed by atoms with Crippen molar-refractivity contribution in [1.29, 1.82) is 0 Å². The van der Waals surface area contributed by atoms with Crippen LogP contribution in [0.15, 0.2) is 243 Å². The van der Waals surface area contributed by atoms with Gasteiger partial charge in [0.2, 0.25) is 0 Å². The molecule has 0 nitrogen and oxygen atoms in total. The Morgan fingerprint density at radius 2 is 0.441 bits per heavy atom. The summed E-state index contributed by atoms with van der Waals surface area (Å²) >= 11 is 0. The molecule has 15 rings (SSSR count). The Bertz CT molecular complexity index is 4610. The van der Waals surface area contributed by atoms with E-state index in [1.807, 2.05) is 0 Å². The van der Waals surface area contributed by atoms with E-state index in [-0.39, 0.29) is 0 Å². The Morgan fingerprint density at radius 1 is 0.162 bits per heavy atom. The van der Waals surface area contributed by atoms with Crippen molar-refractivity contribution in [1.82, 2.24) is 0 Å². The van der Waals surface area contributed by atoms with Crippen molar-refractivity contribution in [3.63, 3.8) is 0 Å². The van der Waals surface area contributed by atoms with E-state index < -0.39 is 0 Å². The molecule has 0 aliphatic carbocycles. The summed E-state index contributed by atoms with van der Waals surface area (Å²) in [6.07, 6.45) is 0. The molecule has 0 spiro atoms. The van der Waals surface area contributed by atoms with Crippen molar-refractivity contribution in [3.05, 3.63) is 243 Å². The molecule has 0 bridgehead atoms. The Morgan fingerprint density at radius 3 is 0.882 bits per heavy atom. The molecule has 312 valence electrons. The minimum atomic E-state index is 1.22. The lowest BCUT2D eigenvalue weighted by Gasteiger charge is -2.21. The highest BCUT2D eigenvalue weighted by molar-refractivity contribution is 6.36. The van der Waals surface area contributed by atoms with Gasteiger partial charge in [-0.15, -0.1) is 0 Å². The quantitative estimate of drug-likeness (QED) is 0.123. The van der Waals surface area contributed by atoms with Gasteiger partial charge in [-0.2, -0.15) is 0 Å². The summed E-state index contributed by atoms with van der Waals surface area (Å²) in [5.74, 6) is 0. The van der Waals surface area contributed by atoms with Gasteiger partial charge in [0.15, 0.2) is 0 Å². The number of fused-ring (bicyclic) bond motifs is 19. The van der Waals surface area contributed by atoms with Crippen LogP contribution in [0.5, 0.6) is 0 Å². The van der Waals surface area contributed by atoms with Gasteiger partial charge in [-0.25, -0.2) is 0 Å². The van der Waals surface area contributed by atoms with Crippen LogP contribution in [-0.4, -0.2) is 0 Å². The number of hydrogen-bond donors (Lipinski definition) is 0. The summed E-state index contributed by atoms with van der Waals surface area (Å²) < 4.78 is 0. The van der Waals surface area contributed by atoms with Crippen LogP contribution in [0.3, 0.4) is 0 Å². The third-order valence-electron chi connectivity index (χ3n) is 15.1. The molecule has 0 amide bonds. The monoisotopic (exact) mass is 856 g/mol. The van der Waals surface area contributed by atoms with Crippen LogP contribution in [0.1, 0.15) is 0 Å². The van der Waals surface area contributed by atoms with Gasteiger partial charge in [0.25, 0.3) is 0 Å². The van der Waals surface area contributed by atoms with Gasteiger partial charge in [0, 0.05) is 0 Å². The van der Waals surface area contributed by atoms with Crippen molar-refractivity contribution >= 4 is 118 Å². The van der Waals surface area contributed by atoms with E-state index in [1.54, 1.807) is 0 Å².